The second kappa shape index (κ2) is 6.91. The molecule has 18 heavy (non-hydrogen) atoms. The zero-order valence-corrected chi connectivity index (χ0v) is 12.3. The fraction of sp³-hybridized carbons (Fsp3) is 0.625. The van der Waals surface area contributed by atoms with Gasteiger partial charge in [0.15, 0.2) is 0 Å². The lowest BCUT2D eigenvalue weighted by Gasteiger charge is -2.38. The van der Waals surface area contributed by atoms with E-state index in [4.69, 9.17) is 9.78 Å². The van der Waals surface area contributed by atoms with Crippen LogP contribution in [0.5, 0.6) is 0 Å². The normalized spacial score (nSPS) is 15.4. The first-order valence-corrected chi connectivity index (χ1v) is 6.78. The van der Waals surface area contributed by atoms with Crippen LogP contribution in [0.15, 0.2) is 30.3 Å². The van der Waals surface area contributed by atoms with Gasteiger partial charge in [0.25, 0.3) is 0 Å². The summed E-state index contributed by atoms with van der Waals surface area (Å²) in [5.74, 6) is 0.422. The Bertz CT molecular complexity index is 326. The van der Waals surface area contributed by atoms with Crippen LogP contribution in [0.2, 0.25) is 0 Å². The van der Waals surface area contributed by atoms with E-state index in [9.17, 15) is 0 Å². The van der Waals surface area contributed by atoms with Gasteiger partial charge in [-0.15, -0.1) is 0 Å². The maximum absolute atomic E-state index is 5.49. The number of rotatable bonds is 7. The molecule has 102 valence electrons. The molecule has 1 aromatic carbocycles. The molecule has 2 nitrogen and oxygen atoms in total. The minimum absolute atomic E-state index is 0.0351. The molecular weight excluding hydrogens is 224 g/mol. The number of benzene rings is 1. The van der Waals surface area contributed by atoms with E-state index in [0.717, 1.165) is 12.8 Å². The first-order chi connectivity index (χ1) is 8.54. The summed E-state index contributed by atoms with van der Waals surface area (Å²) in [6.45, 7) is 8.94. The van der Waals surface area contributed by atoms with Gasteiger partial charge in [-0.1, -0.05) is 64.4 Å². The summed E-state index contributed by atoms with van der Waals surface area (Å²) in [5.41, 5.74) is 1.39. The molecule has 0 saturated carbocycles. The van der Waals surface area contributed by atoms with Crippen molar-refractivity contribution in [3.8, 4) is 0 Å². The van der Waals surface area contributed by atoms with Crippen LogP contribution in [0.25, 0.3) is 0 Å². The maximum Gasteiger partial charge on any atom is 0.0986 e. The lowest BCUT2D eigenvalue weighted by Crippen LogP contribution is -2.36. The highest BCUT2D eigenvalue weighted by Crippen LogP contribution is 2.41. The highest BCUT2D eigenvalue weighted by Gasteiger charge is 2.36. The molecule has 1 rings (SSSR count). The minimum Gasteiger partial charge on any atom is -0.240 e. The van der Waals surface area contributed by atoms with Gasteiger partial charge in [-0.25, -0.2) is 9.78 Å². The second-order valence-corrected chi connectivity index (χ2v) is 5.49. The molecule has 0 heterocycles. The summed E-state index contributed by atoms with van der Waals surface area (Å²) < 4.78 is 0. The topological polar surface area (TPSA) is 18.5 Å². The average molecular weight is 250 g/mol. The van der Waals surface area contributed by atoms with Gasteiger partial charge in [-0.2, -0.15) is 0 Å². The molecule has 0 spiro atoms. The van der Waals surface area contributed by atoms with Gasteiger partial charge in [0.05, 0.1) is 13.2 Å². The molecule has 0 amide bonds. The molecule has 0 aliphatic carbocycles. The second-order valence-electron chi connectivity index (χ2n) is 5.49. The third-order valence-corrected chi connectivity index (χ3v) is 4.01. The van der Waals surface area contributed by atoms with Crippen LogP contribution in [0.4, 0.5) is 0 Å². The van der Waals surface area contributed by atoms with Crippen LogP contribution in [0, 0.1) is 5.41 Å². The predicted molar refractivity (Wildman–Crippen MR) is 75.4 cm³/mol. The van der Waals surface area contributed by atoms with Gasteiger partial charge in [0.2, 0.25) is 0 Å². The summed E-state index contributed by atoms with van der Waals surface area (Å²) in [6, 6.07) is 10.6. The lowest BCUT2D eigenvalue weighted by molar-refractivity contribution is -0.327. The molecule has 1 aromatic rings. The van der Waals surface area contributed by atoms with Gasteiger partial charge < -0.3 is 0 Å². The molecule has 0 saturated heterocycles. The van der Waals surface area contributed by atoms with Gasteiger partial charge in [0, 0.05) is 5.41 Å². The fourth-order valence-electron chi connectivity index (χ4n) is 2.37. The smallest absolute Gasteiger partial charge is 0.0986 e. The quantitative estimate of drug-likeness (QED) is 0.521. The van der Waals surface area contributed by atoms with Gasteiger partial charge in [-0.05, 0) is 17.9 Å². The molecule has 2 heteroatoms. The largest absolute Gasteiger partial charge is 0.240 e. The number of hydrogen-bond acceptors (Lipinski definition) is 2. The summed E-state index contributed by atoms with van der Waals surface area (Å²) in [7, 11) is 1.59. The SMILES string of the molecule is CCCC(OOC)C(C)(C)C(C)c1ccccc1. The molecule has 0 bridgehead atoms. The molecular formula is C16H26O2. The third kappa shape index (κ3) is 3.56. The molecule has 0 radical (unpaired) electrons. The van der Waals surface area contributed by atoms with Crippen molar-refractivity contribution in [2.45, 2.75) is 52.6 Å². The highest BCUT2D eigenvalue weighted by atomic mass is 17.2. The van der Waals surface area contributed by atoms with Crippen molar-refractivity contribution in [3.63, 3.8) is 0 Å². The molecule has 0 aliphatic rings. The van der Waals surface area contributed by atoms with Crippen molar-refractivity contribution in [2.24, 2.45) is 5.41 Å². The van der Waals surface area contributed by atoms with Gasteiger partial charge in [0.1, 0.15) is 0 Å². The van der Waals surface area contributed by atoms with E-state index in [1.807, 2.05) is 0 Å². The number of hydrogen-bond donors (Lipinski definition) is 0. The van der Waals surface area contributed by atoms with Gasteiger partial charge in [-0.3, -0.25) is 0 Å². The fourth-order valence-corrected chi connectivity index (χ4v) is 2.37. The molecule has 0 aliphatic heterocycles. The van der Waals surface area contributed by atoms with Crippen LogP contribution in [-0.4, -0.2) is 13.2 Å². The third-order valence-electron chi connectivity index (χ3n) is 4.01. The first kappa shape index (κ1) is 15.2. The van der Waals surface area contributed by atoms with Gasteiger partial charge >= 0.3 is 0 Å². The van der Waals surface area contributed by atoms with Crippen molar-refractivity contribution < 1.29 is 9.78 Å². The van der Waals surface area contributed by atoms with E-state index in [-0.39, 0.29) is 11.5 Å². The Kier molecular flexibility index (Phi) is 5.83. The molecule has 0 aromatic heterocycles. The standard InChI is InChI=1S/C16H26O2/c1-6-10-15(18-17-5)16(3,4)13(2)14-11-8-7-9-12-14/h7-9,11-13,15H,6,10H2,1-5H3. The van der Waals surface area contributed by atoms with E-state index in [1.165, 1.54) is 5.56 Å². The van der Waals surface area contributed by atoms with E-state index in [1.54, 1.807) is 7.11 Å². The molecule has 0 fully saturated rings. The van der Waals surface area contributed by atoms with Crippen LogP contribution in [-0.2, 0) is 9.78 Å². The Morgan fingerprint density at radius 2 is 1.78 bits per heavy atom. The molecule has 2 unspecified atom stereocenters. The van der Waals surface area contributed by atoms with Crippen LogP contribution >= 0.6 is 0 Å². The highest BCUT2D eigenvalue weighted by molar-refractivity contribution is 5.21. The lowest BCUT2D eigenvalue weighted by atomic mass is 9.71. The zero-order chi connectivity index (χ0) is 13.6. The Morgan fingerprint density at radius 1 is 1.17 bits per heavy atom. The van der Waals surface area contributed by atoms with Crippen molar-refractivity contribution in [1.82, 2.24) is 0 Å². The molecule has 0 N–H and O–H groups in total. The summed E-state index contributed by atoms with van der Waals surface area (Å²) in [6.07, 6.45) is 2.22. The predicted octanol–water partition coefficient (Wildman–Crippen LogP) is 4.56. The van der Waals surface area contributed by atoms with Crippen molar-refractivity contribution in [1.29, 1.82) is 0 Å². The molecule has 2 atom stereocenters. The summed E-state index contributed by atoms with van der Waals surface area (Å²) in [4.78, 5) is 10.4. The zero-order valence-electron chi connectivity index (χ0n) is 12.3. The van der Waals surface area contributed by atoms with Crippen LogP contribution in [0.1, 0.15) is 52.0 Å². The summed E-state index contributed by atoms with van der Waals surface area (Å²) in [5, 5.41) is 0. The van der Waals surface area contributed by atoms with E-state index >= 15 is 0 Å². The monoisotopic (exact) mass is 250 g/mol. The average Bonchev–Trinajstić information content (AvgIpc) is 2.38. The van der Waals surface area contributed by atoms with Crippen molar-refractivity contribution in [2.75, 3.05) is 7.11 Å². The van der Waals surface area contributed by atoms with E-state index in [0.29, 0.717) is 5.92 Å². The van der Waals surface area contributed by atoms with E-state index in [2.05, 4.69) is 58.0 Å². The Labute approximate surface area is 111 Å². The summed E-state index contributed by atoms with van der Waals surface area (Å²) >= 11 is 0. The Balaban J connectivity index is 2.88. The van der Waals surface area contributed by atoms with Crippen molar-refractivity contribution >= 4 is 0 Å². The van der Waals surface area contributed by atoms with Crippen LogP contribution in [0.3, 0.4) is 0 Å². The van der Waals surface area contributed by atoms with Crippen LogP contribution < -0.4 is 0 Å². The Morgan fingerprint density at radius 3 is 2.28 bits per heavy atom. The van der Waals surface area contributed by atoms with Crippen molar-refractivity contribution in [3.05, 3.63) is 35.9 Å². The Hall–Kier alpha value is -0.860. The first-order valence-electron chi connectivity index (χ1n) is 6.78. The minimum atomic E-state index is 0.0351. The van der Waals surface area contributed by atoms with E-state index < -0.39 is 0 Å². The maximum atomic E-state index is 5.49.